The van der Waals surface area contributed by atoms with E-state index in [4.69, 9.17) is 8.94 Å². The number of aromatic nitrogens is 1. The van der Waals surface area contributed by atoms with Crippen LogP contribution in [-0.2, 0) is 0 Å². The van der Waals surface area contributed by atoms with Gasteiger partial charge in [0.2, 0.25) is 0 Å². The van der Waals surface area contributed by atoms with Crippen LogP contribution in [0, 0.1) is 13.8 Å². The Balaban J connectivity index is 1.46. The Morgan fingerprint density at radius 3 is 1.71 bits per heavy atom. The largest absolute Gasteiger partial charge is 0.456 e. The molecule has 8 aromatic rings. The van der Waals surface area contributed by atoms with Gasteiger partial charge in [-0.2, -0.15) is 0 Å². The van der Waals surface area contributed by atoms with Crippen LogP contribution in [-0.4, -0.2) is 5.16 Å². The van der Waals surface area contributed by atoms with Gasteiger partial charge in [-0.15, -0.1) is 0 Å². The normalized spacial score (nSPS) is 11.9. The summed E-state index contributed by atoms with van der Waals surface area (Å²) in [5.74, 6) is 0.835. The topological polar surface area (TPSA) is 39.2 Å². The van der Waals surface area contributed by atoms with Gasteiger partial charge in [-0.3, -0.25) is 0 Å². The molecular formula is C35H23NO2. The second-order valence-electron chi connectivity index (χ2n) is 10.0. The maximum Gasteiger partial charge on any atom is 0.141 e. The Morgan fingerprint density at radius 2 is 1.08 bits per heavy atom. The lowest BCUT2D eigenvalue weighted by atomic mass is 9.85. The number of hydrogen-bond acceptors (Lipinski definition) is 3. The van der Waals surface area contributed by atoms with E-state index in [2.05, 4.69) is 108 Å². The molecule has 0 fully saturated rings. The van der Waals surface area contributed by atoms with Crippen molar-refractivity contribution in [3.8, 4) is 22.3 Å². The number of furan rings is 1. The van der Waals surface area contributed by atoms with Crippen LogP contribution in [0.15, 0.2) is 112 Å². The molecule has 0 spiro atoms. The Bertz CT molecular complexity index is 2140. The summed E-state index contributed by atoms with van der Waals surface area (Å²) in [6.07, 6.45) is 0. The summed E-state index contributed by atoms with van der Waals surface area (Å²) in [7, 11) is 0. The first kappa shape index (κ1) is 21.2. The van der Waals surface area contributed by atoms with Gasteiger partial charge in [-0.25, -0.2) is 0 Å². The molecule has 0 bridgehead atoms. The molecule has 0 saturated heterocycles. The highest BCUT2D eigenvalue weighted by Gasteiger charge is 2.21. The van der Waals surface area contributed by atoms with Crippen LogP contribution >= 0.6 is 0 Å². The Morgan fingerprint density at radius 1 is 0.500 bits per heavy atom. The van der Waals surface area contributed by atoms with Gasteiger partial charge in [0, 0.05) is 21.9 Å². The number of fused-ring (bicyclic) bond motifs is 6. The highest BCUT2D eigenvalue weighted by atomic mass is 16.5. The zero-order chi connectivity index (χ0) is 25.4. The third-order valence-electron chi connectivity index (χ3n) is 7.84. The van der Waals surface area contributed by atoms with Crippen molar-refractivity contribution in [2.24, 2.45) is 0 Å². The summed E-state index contributed by atoms with van der Waals surface area (Å²) in [5, 5.41) is 13.7. The number of aryl methyl sites for hydroxylation is 2. The second-order valence-corrected chi connectivity index (χ2v) is 10.0. The van der Waals surface area contributed by atoms with Crippen molar-refractivity contribution in [1.29, 1.82) is 0 Å². The van der Waals surface area contributed by atoms with E-state index in [1.54, 1.807) is 0 Å². The summed E-state index contributed by atoms with van der Waals surface area (Å²) in [5.41, 5.74) is 7.31. The van der Waals surface area contributed by atoms with Gasteiger partial charge >= 0.3 is 0 Å². The van der Waals surface area contributed by atoms with Gasteiger partial charge in [0.15, 0.2) is 0 Å². The van der Waals surface area contributed by atoms with Gasteiger partial charge in [0.05, 0.1) is 5.69 Å². The van der Waals surface area contributed by atoms with E-state index in [0.717, 1.165) is 44.5 Å². The molecule has 0 aliphatic carbocycles. The number of hydrogen-bond donors (Lipinski definition) is 0. The first-order valence-corrected chi connectivity index (χ1v) is 12.9. The molecular weight excluding hydrogens is 466 g/mol. The van der Waals surface area contributed by atoms with E-state index in [-0.39, 0.29) is 0 Å². The van der Waals surface area contributed by atoms with Gasteiger partial charge < -0.3 is 8.94 Å². The minimum absolute atomic E-state index is 0.835. The fourth-order valence-corrected chi connectivity index (χ4v) is 6.17. The van der Waals surface area contributed by atoms with Gasteiger partial charge in [-0.05, 0) is 81.6 Å². The standard InChI is InChI=1S/C35H23NO2/c1-20-33(21(2)38-36-20)35-28-13-7-5-11-26(28)34(27-12-6-8-14-29(27)35)24-15-16-25-30-17-22-9-3-4-10-23(22)18-32(30)37-31(25)19-24/h3-19H,1-2H3. The molecule has 8 rings (SSSR count). The highest BCUT2D eigenvalue weighted by molar-refractivity contribution is 6.22. The van der Waals surface area contributed by atoms with Gasteiger partial charge in [0.25, 0.3) is 0 Å². The van der Waals surface area contributed by atoms with Crippen molar-refractivity contribution in [3.63, 3.8) is 0 Å². The van der Waals surface area contributed by atoms with Crippen LogP contribution in [0.4, 0.5) is 0 Å². The fraction of sp³-hybridized carbons (Fsp3) is 0.0571. The maximum atomic E-state index is 6.44. The molecule has 0 atom stereocenters. The molecule has 3 nitrogen and oxygen atoms in total. The lowest BCUT2D eigenvalue weighted by molar-refractivity contribution is 0.393. The fourth-order valence-electron chi connectivity index (χ4n) is 6.17. The first-order valence-electron chi connectivity index (χ1n) is 12.9. The molecule has 0 saturated carbocycles. The average molecular weight is 490 g/mol. The molecule has 38 heavy (non-hydrogen) atoms. The highest BCUT2D eigenvalue weighted by Crippen LogP contribution is 2.46. The summed E-state index contributed by atoms with van der Waals surface area (Å²) < 4.78 is 12.0. The molecule has 3 heteroatoms. The predicted octanol–water partition coefficient (Wildman–Crippen LogP) is 9.98. The first-order chi connectivity index (χ1) is 18.7. The zero-order valence-corrected chi connectivity index (χ0v) is 21.1. The molecule has 0 N–H and O–H groups in total. The molecule has 0 aliphatic rings. The molecule has 180 valence electrons. The van der Waals surface area contributed by atoms with Crippen LogP contribution in [0.3, 0.4) is 0 Å². The Labute approximate surface area is 218 Å². The minimum Gasteiger partial charge on any atom is -0.456 e. The summed E-state index contributed by atoms with van der Waals surface area (Å²) in [6, 6.07) is 36.7. The molecule has 0 amide bonds. The molecule has 0 radical (unpaired) electrons. The monoisotopic (exact) mass is 489 g/mol. The van der Waals surface area contributed by atoms with Crippen molar-refractivity contribution in [3.05, 3.63) is 115 Å². The zero-order valence-electron chi connectivity index (χ0n) is 21.1. The second kappa shape index (κ2) is 7.80. The van der Waals surface area contributed by atoms with E-state index in [1.807, 2.05) is 13.8 Å². The van der Waals surface area contributed by atoms with Crippen LogP contribution in [0.1, 0.15) is 11.5 Å². The summed E-state index contributed by atoms with van der Waals surface area (Å²) in [6.45, 7) is 4.01. The van der Waals surface area contributed by atoms with Crippen molar-refractivity contribution >= 4 is 54.3 Å². The van der Waals surface area contributed by atoms with E-state index < -0.39 is 0 Å². The quantitative estimate of drug-likeness (QED) is 0.227. The summed E-state index contributed by atoms with van der Waals surface area (Å²) in [4.78, 5) is 0. The maximum absolute atomic E-state index is 6.44. The van der Waals surface area contributed by atoms with Crippen molar-refractivity contribution in [2.45, 2.75) is 13.8 Å². The third-order valence-corrected chi connectivity index (χ3v) is 7.84. The van der Waals surface area contributed by atoms with E-state index in [9.17, 15) is 0 Å². The van der Waals surface area contributed by atoms with Crippen molar-refractivity contribution in [2.75, 3.05) is 0 Å². The van der Waals surface area contributed by atoms with Crippen molar-refractivity contribution < 1.29 is 8.94 Å². The molecule has 0 unspecified atom stereocenters. The molecule has 2 aromatic heterocycles. The number of nitrogens with zero attached hydrogens (tertiary/aromatic N) is 1. The van der Waals surface area contributed by atoms with Gasteiger partial charge in [-0.1, -0.05) is 84.0 Å². The Hall–Kier alpha value is -4.89. The molecule has 6 aromatic carbocycles. The minimum atomic E-state index is 0.835. The van der Waals surface area contributed by atoms with Crippen LogP contribution in [0.25, 0.3) is 76.5 Å². The predicted molar refractivity (Wildman–Crippen MR) is 157 cm³/mol. The SMILES string of the molecule is Cc1noc(C)c1-c1c2ccccc2c(-c2ccc3c(c2)oc2cc4ccccc4cc23)c2ccccc12. The van der Waals surface area contributed by atoms with Crippen LogP contribution < -0.4 is 0 Å². The number of benzene rings is 6. The lowest BCUT2D eigenvalue weighted by Gasteiger charge is -2.17. The summed E-state index contributed by atoms with van der Waals surface area (Å²) >= 11 is 0. The third kappa shape index (κ3) is 2.93. The molecule has 2 heterocycles. The van der Waals surface area contributed by atoms with E-state index >= 15 is 0 Å². The van der Waals surface area contributed by atoms with E-state index in [0.29, 0.717) is 0 Å². The lowest BCUT2D eigenvalue weighted by Crippen LogP contribution is -1.92. The van der Waals surface area contributed by atoms with Crippen LogP contribution in [0.5, 0.6) is 0 Å². The Kier molecular flexibility index (Phi) is 4.36. The average Bonchev–Trinajstić information content (AvgIpc) is 3.47. The smallest absolute Gasteiger partial charge is 0.141 e. The molecule has 0 aliphatic heterocycles. The van der Waals surface area contributed by atoms with Gasteiger partial charge in [0.1, 0.15) is 16.9 Å². The van der Waals surface area contributed by atoms with E-state index in [1.165, 1.54) is 43.4 Å². The van der Waals surface area contributed by atoms with Crippen LogP contribution in [0.2, 0.25) is 0 Å². The number of rotatable bonds is 2. The van der Waals surface area contributed by atoms with Crippen molar-refractivity contribution in [1.82, 2.24) is 5.16 Å².